The molecule has 0 saturated carbocycles. The molecule has 0 aliphatic heterocycles. The molecule has 4 heteroatoms. The van der Waals surface area contributed by atoms with E-state index in [0.29, 0.717) is 0 Å². The Morgan fingerprint density at radius 3 is 3.06 bits per heavy atom. The van der Waals surface area contributed by atoms with E-state index >= 15 is 0 Å². The predicted octanol–water partition coefficient (Wildman–Crippen LogP) is 3.81. The molecule has 0 fully saturated rings. The largest absolute Gasteiger partial charge is 0.441 e. The predicted molar refractivity (Wildman–Crippen MR) is 70.4 cm³/mol. The maximum atomic E-state index is 10.7. The summed E-state index contributed by atoms with van der Waals surface area (Å²) in [6, 6.07) is 5.65. The topological polar surface area (TPSA) is 43.1 Å². The molecule has 90 valence electrons. The lowest BCUT2D eigenvalue weighted by molar-refractivity contribution is -0.107. The number of aldehydes is 1. The van der Waals surface area contributed by atoms with Gasteiger partial charge in [0.1, 0.15) is 11.8 Å². The minimum absolute atomic E-state index is 0.281. The van der Waals surface area contributed by atoms with Crippen molar-refractivity contribution in [3.05, 3.63) is 29.7 Å². The molecule has 1 atom stereocenters. The highest BCUT2D eigenvalue weighted by Gasteiger charge is 2.10. The summed E-state index contributed by atoms with van der Waals surface area (Å²) in [6.45, 7) is 2.14. The molecule has 0 radical (unpaired) electrons. The van der Waals surface area contributed by atoms with Crippen LogP contribution in [0.3, 0.4) is 0 Å². The third-order valence-corrected chi connectivity index (χ3v) is 3.38. The van der Waals surface area contributed by atoms with Gasteiger partial charge in [-0.25, -0.2) is 4.98 Å². The summed E-state index contributed by atoms with van der Waals surface area (Å²) >= 11 is 3.29. The van der Waals surface area contributed by atoms with E-state index in [2.05, 4.69) is 27.8 Å². The van der Waals surface area contributed by atoms with Crippen LogP contribution in [0.25, 0.3) is 11.1 Å². The summed E-state index contributed by atoms with van der Waals surface area (Å²) < 4.78 is 5.66. The van der Waals surface area contributed by atoms with Crippen LogP contribution in [0, 0.1) is 0 Å². The summed E-state index contributed by atoms with van der Waals surface area (Å²) in [5.74, 6) is 0.774. The SMILES string of the molecule is CCCCc1nc2ccc([C@H](Br)C=O)cc2o1. The summed E-state index contributed by atoms with van der Waals surface area (Å²) in [6.07, 6.45) is 3.93. The fourth-order valence-electron chi connectivity index (χ4n) is 1.67. The van der Waals surface area contributed by atoms with Gasteiger partial charge in [-0.05, 0) is 24.1 Å². The number of oxazole rings is 1. The van der Waals surface area contributed by atoms with Crippen LogP contribution in [0.5, 0.6) is 0 Å². The maximum absolute atomic E-state index is 10.7. The number of halogens is 1. The van der Waals surface area contributed by atoms with Crippen molar-refractivity contribution in [2.24, 2.45) is 0 Å². The lowest BCUT2D eigenvalue weighted by Crippen LogP contribution is -1.89. The molecule has 0 spiro atoms. The van der Waals surface area contributed by atoms with Crippen molar-refractivity contribution in [2.75, 3.05) is 0 Å². The average molecular weight is 296 g/mol. The second kappa shape index (κ2) is 5.45. The Kier molecular flexibility index (Phi) is 3.94. The number of hydrogen-bond donors (Lipinski definition) is 0. The number of aryl methyl sites for hydroxylation is 1. The first-order chi connectivity index (χ1) is 8.24. The molecular weight excluding hydrogens is 282 g/mol. The molecule has 1 heterocycles. The Bertz CT molecular complexity index is 521. The molecule has 3 nitrogen and oxygen atoms in total. The first-order valence-electron chi connectivity index (χ1n) is 5.73. The van der Waals surface area contributed by atoms with Gasteiger partial charge in [-0.2, -0.15) is 0 Å². The lowest BCUT2D eigenvalue weighted by atomic mass is 10.1. The number of rotatable bonds is 5. The third kappa shape index (κ3) is 2.75. The van der Waals surface area contributed by atoms with Gasteiger partial charge in [-0.3, -0.25) is 0 Å². The monoisotopic (exact) mass is 295 g/mol. The highest BCUT2D eigenvalue weighted by Crippen LogP contribution is 2.25. The van der Waals surface area contributed by atoms with Gasteiger partial charge in [0.15, 0.2) is 11.5 Å². The molecule has 0 aliphatic rings. The van der Waals surface area contributed by atoms with Crippen molar-refractivity contribution < 1.29 is 9.21 Å². The van der Waals surface area contributed by atoms with Gasteiger partial charge in [0.05, 0.1) is 4.83 Å². The fraction of sp³-hybridized carbons (Fsp3) is 0.385. The van der Waals surface area contributed by atoms with Crippen LogP contribution in [-0.2, 0) is 11.2 Å². The van der Waals surface area contributed by atoms with Gasteiger partial charge in [0, 0.05) is 6.42 Å². The number of benzene rings is 1. The Balaban J connectivity index is 2.30. The molecule has 0 saturated heterocycles. The molecule has 2 aromatic rings. The first kappa shape index (κ1) is 12.3. The number of unbranched alkanes of at least 4 members (excludes halogenated alkanes) is 1. The normalized spacial score (nSPS) is 12.8. The lowest BCUT2D eigenvalue weighted by Gasteiger charge is -2.00. The van der Waals surface area contributed by atoms with Crippen LogP contribution in [0.1, 0.15) is 36.0 Å². The van der Waals surface area contributed by atoms with E-state index in [1.165, 1.54) is 0 Å². The van der Waals surface area contributed by atoms with Crippen molar-refractivity contribution in [2.45, 2.75) is 31.0 Å². The summed E-state index contributed by atoms with van der Waals surface area (Å²) in [7, 11) is 0. The van der Waals surface area contributed by atoms with Crippen LogP contribution in [-0.4, -0.2) is 11.3 Å². The fourth-order valence-corrected chi connectivity index (χ4v) is 1.96. The van der Waals surface area contributed by atoms with E-state index in [-0.39, 0.29) is 4.83 Å². The van der Waals surface area contributed by atoms with Crippen LogP contribution in [0.4, 0.5) is 0 Å². The van der Waals surface area contributed by atoms with Gasteiger partial charge >= 0.3 is 0 Å². The second-order valence-electron chi connectivity index (χ2n) is 3.98. The summed E-state index contributed by atoms with van der Waals surface area (Å²) in [5.41, 5.74) is 2.50. The quantitative estimate of drug-likeness (QED) is 0.622. The van der Waals surface area contributed by atoms with Crippen molar-refractivity contribution in [1.29, 1.82) is 0 Å². The van der Waals surface area contributed by atoms with Gasteiger partial charge in [-0.1, -0.05) is 35.3 Å². The maximum Gasteiger partial charge on any atom is 0.195 e. The van der Waals surface area contributed by atoms with Crippen LogP contribution in [0.15, 0.2) is 22.6 Å². The molecule has 1 aromatic heterocycles. The molecular formula is C13H14BrNO2. The first-order valence-corrected chi connectivity index (χ1v) is 6.65. The van der Waals surface area contributed by atoms with Gasteiger partial charge < -0.3 is 9.21 Å². The van der Waals surface area contributed by atoms with Crippen molar-refractivity contribution >= 4 is 33.3 Å². The number of carbonyl (C=O) groups excluding carboxylic acids is 1. The number of aromatic nitrogens is 1. The standard InChI is InChI=1S/C13H14BrNO2/c1-2-3-4-13-15-11-6-5-9(10(14)8-16)7-12(11)17-13/h5-8,10H,2-4H2,1H3/t10-/m1/s1. The smallest absolute Gasteiger partial charge is 0.195 e. The summed E-state index contributed by atoms with van der Waals surface area (Å²) in [4.78, 5) is 14.8. The molecule has 17 heavy (non-hydrogen) atoms. The van der Waals surface area contributed by atoms with Gasteiger partial charge in [0.25, 0.3) is 0 Å². The van der Waals surface area contributed by atoms with E-state index in [1.807, 2.05) is 18.2 Å². The van der Waals surface area contributed by atoms with E-state index in [4.69, 9.17) is 4.42 Å². The van der Waals surface area contributed by atoms with Crippen LogP contribution >= 0.6 is 15.9 Å². The van der Waals surface area contributed by atoms with Crippen molar-refractivity contribution in [3.8, 4) is 0 Å². The number of nitrogens with zero attached hydrogens (tertiary/aromatic N) is 1. The van der Waals surface area contributed by atoms with E-state index in [0.717, 1.165) is 48.1 Å². The van der Waals surface area contributed by atoms with E-state index in [9.17, 15) is 4.79 Å². The minimum Gasteiger partial charge on any atom is -0.441 e. The zero-order valence-electron chi connectivity index (χ0n) is 9.65. The molecule has 0 bridgehead atoms. The Morgan fingerprint density at radius 2 is 2.35 bits per heavy atom. The Labute approximate surface area is 108 Å². The zero-order valence-corrected chi connectivity index (χ0v) is 11.2. The minimum atomic E-state index is -0.281. The third-order valence-electron chi connectivity index (χ3n) is 2.64. The number of fused-ring (bicyclic) bond motifs is 1. The van der Waals surface area contributed by atoms with Gasteiger partial charge in [0.2, 0.25) is 0 Å². The highest BCUT2D eigenvalue weighted by atomic mass is 79.9. The van der Waals surface area contributed by atoms with Crippen molar-refractivity contribution in [3.63, 3.8) is 0 Å². The highest BCUT2D eigenvalue weighted by molar-refractivity contribution is 9.09. The zero-order chi connectivity index (χ0) is 12.3. The Morgan fingerprint density at radius 1 is 1.53 bits per heavy atom. The van der Waals surface area contributed by atoms with Crippen molar-refractivity contribution in [1.82, 2.24) is 4.98 Å². The number of alkyl halides is 1. The van der Waals surface area contributed by atoms with E-state index < -0.39 is 0 Å². The Hall–Kier alpha value is -1.16. The van der Waals surface area contributed by atoms with Crippen LogP contribution < -0.4 is 0 Å². The van der Waals surface area contributed by atoms with Gasteiger partial charge in [-0.15, -0.1) is 0 Å². The molecule has 0 N–H and O–H groups in total. The molecule has 0 unspecified atom stereocenters. The number of carbonyl (C=O) groups is 1. The average Bonchev–Trinajstić information content (AvgIpc) is 2.76. The second-order valence-corrected chi connectivity index (χ2v) is 4.96. The molecule has 0 amide bonds. The van der Waals surface area contributed by atoms with E-state index in [1.54, 1.807) is 0 Å². The molecule has 2 rings (SSSR count). The summed E-state index contributed by atoms with van der Waals surface area (Å²) in [5, 5.41) is 0. The van der Waals surface area contributed by atoms with Crippen LogP contribution in [0.2, 0.25) is 0 Å². The molecule has 1 aromatic carbocycles. The number of hydrogen-bond acceptors (Lipinski definition) is 3. The molecule has 0 aliphatic carbocycles.